The fraction of sp³-hybridized carbons (Fsp3) is 0.294. The molecule has 5 nitrogen and oxygen atoms in total. The highest BCUT2D eigenvalue weighted by Crippen LogP contribution is 2.38. The molecule has 0 unspecified atom stereocenters. The van der Waals surface area contributed by atoms with E-state index in [0.29, 0.717) is 22.5 Å². The second-order valence-corrected chi connectivity index (χ2v) is 6.40. The number of anilines is 1. The molecule has 1 aromatic heterocycles. The Bertz CT molecular complexity index is 842. The van der Waals surface area contributed by atoms with Crippen molar-refractivity contribution in [3.05, 3.63) is 63.3 Å². The predicted molar refractivity (Wildman–Crippen MR) is 84.7 cm³/mol. The fourth-order valence-corrected chi connectivity index (χ4v) is 3.00. The van der Waals surface area contributed by atoms with E-state index in [9.17, 15) is 19.1 Å². The number of rotatable bonds is 2. The number of halogens is 1. The summed E-state index contributed by atoms with van der Waals surface area (Å²) in [7, 11) is 0. The van der Waals surface area contributed by atoms with Crippen LogP contribution in [0.2, 0.25) is 0 Å². The number of pyridine rings is 1. The van der Waals surface area contributed by atoms with Crippen molar-refractivity contribution >= 4 is 11.8 Å². The number of benzene rings is 1. The van der Waals surface area contributed by atoms with Crippen molar-refractivity contribution in [1.82, 2.24) is 4.98 Å². The summed E-state index contributed by atoms with van der Waals surface area (Å²) in [6.45, 7) is 4.03. The van der Waals surface area contributed by atoms with E-state index in [1.807, 2.05) is 13.8 Å². The van der Waals surface area contributed by atoms with Gasteiger partial charge in [-0.25, -0.2) is 9.18 Å². The van der Waals surface area contributed by atoms with Gasteiger partial charge in [0.2, 0.25) is 0 Å². The minimum Gasteiger partial charge on any atom is -0.465 e. The summed E-state index contributed by atoms with van der Waals surface area (Å²) >= 11 is 0. The smallest absolute Gasteiger partial charge is 0.411 e. The number of hydrogen-bond donors (Lipinski definition) is 2. The highest BCUT2D eigenvalue weighted by Gasteiger charge is 2.39. The molecule has 2 N–H and O–H groups in total. The number of aromatic amines is 1. The quantitative estimate of drug-likeness (QED) is 0.894. The number of aromatic nitrogens is 1. The largest absolute Gasteiger partial charge is 0.465 e. The number of carboxylic acid groups (broad SMARTS) is 1. The minimum atomic E-state index is -1.07. The maximum absolute atomic E-state index is 13.8. The Morgan fingerprint density at radius 3 is 2.70 bits per heavy atom. The zero-order valence-electron chi connectivity index (χ0n) is 12.9. The molecule has 0 spiro atoms. The van der Waals surface area contributed by atoms with Crippen LogP contribution in [0.15, 0.2) is 35.1 Å². The number of nitrogens with zero attached hydrogens (tertiary/aromatic N) is 1. The van der Waals surface area contributed by atoms with E-state index in [4.69, 9.17) is 0 Å². The lowest BCUT2D eigenvalue weighted by Crippen LogP contribution is -2.32. The number of fused-ring (bicyclic) bond motifs is 1. The summed E-state index contributed by atoms with van der Waals surface area (Å²) in [5.41, 5.74) is 1.03. The fourth-order valence-electron chi connectivity index (χ4n) is 3.00. The average molecular weight is 316 g/mol. The molecule has 120 valence electrons. The summed E-state index contributed by atoms with van der Waals surface area (Å²) in [5.74, 6) is -0.386. The first-order valence-corrected chi connectivity index (χ1v) is 7.30. The molecule has 0 aliphatic carbocycles. The van der Waals surface area contributed by atoms with Crippen LogP contribution in [0.25, 0.3) is 0 Å². The van der Waals surface area contributed by atoms with Gasteiger partial charge >= 0.3 is 6.09 Å². The second-order valence-electron chi connectivity index (χ2n) is 6.40. The number of hydrogen-bond acceptors (Lipinski definition) is 2. The molecule has 2 heterocycles. The van der Waals surface area contributed by atoms with E-state index in [1.54, 1.807) is 24.3 Å². The monoisotopic (exact) mass is 316 g/mol. The van der Waals surface area contributed by atoms with Gasteiger partial charge in [0.15, 0.2) is 0 Å². The van der Waals surface area contributed by atoms with E-state index in [-0.39, 0.29) is 24.3 Å². The SMILES string of the molecule is CC1(C)CN(C(=O)O)c2cc(Cc3ccccc3F)c(=O)[nH]c21. The van der Waals surface area contributed by atoms with Gasteiger partial charge in [0.05, 0.1) is 5.69 Å². The van der Waals surface area contributed by atoms with Crippen molar-refractivity contribution < 1.29 is 14.3 Å². The van der Waals surface area contributed by atoms with Crippen molar-refractivity contribution in [2.75, 3.05) is 11.4 Å². The van der Waals surface area contributed by atoms with Crippen LogP contribution in [-0.2, 0) is 11.8 Å². The standard InChI is InChI=1S/C17H17FN2O3/c1-17(2)9-20(16(22)23)13-8-11(15(21)19-14(13)17)7-10-5-3-4-6-12(10)18/h3-6,8H,7,9H2,1-2H3,(H,19,21)(H,22,23). The van der Waals surface area contributed by atoms with Gasteiger partial charge in [-0.2, -0.15) is 0 Å². The molecule has 0 bridgehead atoms. The van der Waals surface area contributed by atoms with Gasteiger partial charge in [-0.15, -0.1) is 0 Å². The number of H-pyrrole nitrogens is 1. The third kappa shape index (κ3) is 2.60. The molecule has 2 aromatic rings. The molecule has 1 amide bonds. The van der Waals surface area contributed by atoms with Crippen molar-refractivity contribution in [3.8, 4) is 0 Å². The molecule has 23 heavy (non-hydrogen) atoms. The van der Waals surface area contributed by atoms with Gasteiger partial charge < -0.3 is 10.1 Å². The third-order valence-corrected chi connectivity index (χ3v) is 4.19. The van der Waals surface area contributed by atoms with E-state index < -0.39 is 11.5 Å². The van der Waals surface area contributed by atoms with Crippen LogP contribution in [0.5, 0.6) is 0 Å². The Labute approximate surface area is 132 Å². The van der Waals surface area contributed by atoms with Crippen LogP contribution < -0.4 is 10.5 Å². The van der Waals surface area contributed by atoms with Crippen LogP contribution in [0, 0.1) is 5.82 Å². The summed E-state index contributed by atoms with van der Waals surface area (Å²) in [4.78, 5) is 27.8. The molecule has 0 radical (unpaired) electrons. The van der Waals surface area contributed by atoms with Crippen LogP contribution in [-0.4, -0.2) is 22.7 Å². The van der Waals surface area contributed by atoms with Gasteiger partial charge in [0.25, 0.3) is 5.56 Å². The Kier molecular flexibility index (Phi) is 3.47. The van der Waals surface area contributed by atoms with Crippen LogP contribution in [0.4, 0.5) is 14.9 Å². The highest BCUT2D eigenvalue weighted by molar-refractivity contribution is 5.89. The van der Waals surface area contributed by atoms with Crippen LogP contribution in [0.3, 0.4) is 0 Å². The number of nitrogens with one attached hydrogen (secondary N) is 1. The van der Waals surface area contributed by atoms with Gasteiger partial charge in [0, 0.05) is 29.6 Å². The second kappa shape index (κ2) is 5.22. The molecule has 1 aliphatic rings. The van der Waals surface area contributed by atoms with E-state index in [2.05, 4.69) is 4.98 Å². The Morgan fingerprint density at radius 2 is 2.04 bits per heavy atom. The lowest BCUT2D eigenvalue weighted by molar-refractivity contribution is 0.201. The first-order chi connectivity index (χ1) is 10.8. The van der Waals surface area contributed by atoms with E-state index >= 15 is 0 Å². The van der Waals surface area contributed by atoms with E-state index in [0.717, 1.165) is 0 Å². The lowest BCUT2D eigenvalue weighted by atomic mass is 9.91. The summed E-state index contributed by atoms with van der Waals surface area (Å²) in [5, 5.41) is 9.36. The van der Waals surface area contributed by atoms with Gasteiger partial charge in [-0.3, -0.25) is 9.69 Å². The maximum Gasteiger partial charge on any atom is 0.411 e. The Balaban J connectivity index is 2.08. The third-order valence-electron chi connectivity index (χ3n) is 4.19. The van der Waals surface area contributed by atoms with Crippen LogP contribution >= 0.6 is 0 Å². The molecule has 0 saturated heterocycles. The molecule has 0 saturated carbocycles. The predicted octanol–water partition coefficient (Wildman–Crippen LogP) is 2.88. The molecule has 0 fully saturated rings. The topological polar surface area (TPSA) is 73.4 Å². The lowest BCUT2D eigenvalue weighted by Gasteiger charge is -2.17. The summed E-state index contributed by atoms with van der Waals surface area (Å²) in [6.07, 6.45) is -0.955. The van der Waals surface area contributed by atoms with Crippen molar-refractivity contribution in [1.29, 1.82) is 0 Å². The normalized spacial score (nSPS) is 15.5. The number of amides is 1. The molecule has 3 rings (SSSR count). The molecular formula is C17H17FN2O3. The van der Waals surface area contributed by atoms with Crippen molar-refractivity contribution in [2.24, 2.45) is 0 Å². The maximum atomic E-state index is 13.8. The number of carbonyl (C=O) groups is 1. The highest BCUT2D eigenvalue weighted by atomic mass is 19.1. The molecule has 0 atom stereocenters. The first kappa shape index (κ1) is 15.3. The zero-order chi connectivity index (χ0) is 16.8. The van der Waals surface area contributed by atoms with Gasteiger partial charge in [-0.05, 0) is 17.7 Å². The molecule has 1 aromatic carbocycles. The van der Waals surface area contributed by atoms with Gasteiger partial charge in [0.1, 0.15) is 5.82 Å². The van der Waals surface area contributed by atoms with Gasteiger partial charge in [-0.1, -0.05) is 32.0 Å². The molecular weight excluding hydrogens is 299 g/mol. The zero-order valence-corrected chi connectivity index (χ0v) is 12.9. The first-order valence-electron chi connectivity index (χ1n) is 7.30. The average Bonchev–Trinajstić information content (AvgIpc) is 2.73. The van der Waals surface area contributed by atoms with Crippen molar-refractivity contribution in [3.63, 3.8) is 0 Å². The summed E-state index contributed by atoms with van der Waals surface area (Å²) < 4.78 is 13.8. The molecule has 6 heteroatoms. The van der Waals surface area contributed by atoms with Crippen molar-refractivity contribution in [2.45, 2.75) is 25.7 Å². The summed E-state index contributed by atoms with van der Waals surface area (Å²) in [6, 6.07) is 7.79. The Morgan fingerprint density at radius 1 is 1.35 bits per heavy atom. The molecule has 1 aliphatic heterocycles. The van der Waals surface area contributed by atoms with Crippen LogP contribution in [0.1, 0.15) is 30.7 Å². The minimum absolute atomic E-state index is 0.114. The Hall–Kier alpha value is -2.63. The van der Waals surface area contributed by atoms with E-state index in [1.165, 1.54) is 11.0 Å².